The van der Waals surface area contributed by atoms with Crippen LogP contribution in [0.25, 0.3) is 22.3 Å². The molecule has 0 aliphatic heterocycles. The zero-order valence-electron chi connectivity index (χ0n) is 18.2. The van der Waals surface area contributed by atoms with E-state index in [2.05, 4.69) is 21.4 Å². The number of carbonyl (C=O) groups is 1. The van der Waals surface area contributed by atoms with Gasteiger partial charge in [0, 0.05) is 35.5 Å². The molecule has 0 saturated heterocycles. The molecule has 0 bridgehead atoms. The van der Waals surface area contributed by atoms with E-state index in [0.717, 1.165) is 52.2 Å². The number of pyridine rings is 2. The number of H-pyrrole nitrogens is 1. The summed E-state index contributed by atoms with van der Waals surface area (Å²) in [7, 11) is 1.59. The van der Waals surface area contributed by atoms with Gasteiger partial charge >= 0.3 is 0 Å². The van der Waals surface area contributed by atoms with E-state index in [1.807, 2.05) is 24.3 Å². The smallest absolute Gasteiger partial charge is 0.166 e. The van der Waals surface area contributed by atoms with Crippen LogP contribution in [0.2, 0.25) is 5.02 Å². The van der Waals surface area contributed by atoms with E-state index in [0.29, 0.717) is 34.4 Å². The molecule has 2 aliphatic carbocycles. The number of hydrogen-bond donors (Lipinski definition) is 2. The van der Waals surface area contributed by atoms with E-state index in [1.165, 1.54) is 12.8 Å². The van der Waals surface area contributed by atoms with Gasteiger partial charge in [0.05, 0.1) is 45.8 Å². The van der Waals surface area contributed by atoms with Crippen molar-refractivity contribution in [1.82, 2.24) is 15.0 Å². The molecule has 7 heteroatoms. The molecule has 1 fully saturated rings. The Morgan fingerprint density at radius 1 is 1.15 bits per heavy atom. The van der Waals surface area contributed by atoms with E-state index in [4.69, 9.17) is 21.3 Å². The third kappa shape index (κ3) is 3.45. The van der Waals surface area contributed by atoms with Crippen molar-refractivity contribution in [2.75, 3.05) is 12.4 Å². The maximum Gasteiger partial charge on any atom is 0.166 e. The van der Waals surface area contributed by atoms with E-state index in [1.54, 1.807) is 19.4 Å². The SMILES string of the molecule is COc1c(Cl)cccc1Nc1c(-c2ccnc3ccc(C4CC4)nc23)[nH]c2c1C(=O)CCC2. The van der Waals surface area contributed by atoms with Crippen LogP contribution in [0.4, 0.5) is 11.4 Å². The Labute approximate surface area is 196 Å². The molecule has 2 aliphatic rings. The van der Waals surface area contributed by atoms with Crippen molar-refractivity contribution in [3.63, 3.8) is 0 Å². The first-order chi connectivity index (χ1) is 16.1. The van der Waals surface area contributed by atoms with E-state index < -0.39 is 0 Å². The minimum absolute atomic E-state index is 0.132. The first-order valence-corrected chi connectivity index (χ1v) is 11.7. The second-order valence-electron chi connectivity index (χ2n) is 8.69. The van der Waals surface area contributed by atoms with Crippen molar-refractivity contribution in [2.45, 2.75) is 38.0 Å². The van der Waals surface area contributed by atoms with E-state index in [-0.39, 0.29) is 5.78 Å². The zero-order chi connectivity index (χ0) is 22.5. The summed E-state index contributed by atoms with van der Waals surface area (Å²) < 4.78 is 5.55. The molecular formula is C26H23ClN4O2. The first kappa shape index (κ1) is 20.2. The van der Waals surface area contributed by atoms with Gasteiger partial charge in [-0.1, -0.05) is 17.7 Å². The molecule has 33 heavy (non-hydrogen) atoms. The lowest BCUT2D eigenvalue weighted by molar-refractivity contribution is 0.0973. The minimum Gasteiger partial charge on any atom is -0.493 e. The highest BCUT2D eigenvalue weighted by Crippen LogP contribution is 2.44. The number of ether oxygens (including phenoxy) is 1. The summed E-state index contributed by atoms with van der Waals surface area (Å²) in [5.74, 6) is 1.21. The maximum absolute atomic E-state index is 13.0. The van der Waals surface area contributed by atoms with Crippen molar-refractivity contribution in [1.29, 1.82) is 0 Å². The number of ketones is 1. The Bertz CT molecular complexity index is 1410. The summed E-state index contributed by atoms with van der Waals surface area (Å²) in [6, 6.07) is 11.6. The molecule has 3 aromatic heterocycles. The van der Waals surface area contributed by atoms with Crippen LogP contribution >= 0.6 is 11.6 Å². The minimum atomic E-state index is 0.132. The largest absolute Gasteiger partial charge is 0.493 e. The average Bonchev–Trinajstić information content (AvgIpc) is 3.61. The van der Waals surface area contributed by atoms with Crippen molar-refractivity contribution in [3.8, 4) is 17.0 Å². The number of benzene rings is 1. The number of halogens is 1. The topological polar surface area (TPSA) is 79.9 Å². The lowest BCUT2D eigenvalue weighted by Gasteiger charge is -2.16. The molecular weight excluding hydrogens is 436 g/mol. The Morgan fingerprint density at radius 3 is 2.85 bits per heavy atom. The van der Waals surface area contributed by atoms with Crippen LogP contribution in [0.5, 0.6) is 5.75 Å². The van der Waals surface area contributed by atoms with Gasteiger partial charge < -0.3 is 15.0 Å². The van der Waals surface area contributed by atoms with Crippen molar-refractivity contribution in [2.24, 2.45) is 0 Å². The molecule has 1 saturated carbocycles. The van der Waals surface area contributed by atoms with Crippen molar-refractivity contribution >= 4 is 39.8 Å². The molecule has 0 radical (unpaired) electrons. The number of anilines is 2. The van der Waals surface area contributed by atoms with E-state index >= 15 is 0 Å². The quantitative estimate of drug-likeness (QED) is 0.360. The van der Waals surface area contributed by atoms with Gasteiger partial charge in [-0.05, 0) is 56.0 Å². The van der Waals surface area contributed by atoms with Crippen LogP contribution in [0.15, 0.2) is 42.6 Å². The Morgan fingerprint density at radius 2 is 2.03 bits per heavy atom. The van der Waals surface area contributed by atoms with Crippen LogP contribution in [0.3, 0.4) is 0 Å². The predicted octanol–water partition coefficient (Wildman–Crippen LogP) is 6.43. The molecule has 166 valence electrons. The summed E-state index contributed by atoms with van der Waals surface area (Å²) in [6.45, 7) is 0. The number of carbonyl (C=O) groups excluding carboxylic acids is 1. The fourth-order valence-electron chi connectivity index (χ4n) is 4.72. The molecule has 6 nitrogen and oxygen atoms in total. The average molecular weight is 459 g/mol. The highest BCUT2D eigenvalue weighted by Gasteiger charge is 2.29. The van der Waals surface area contributed by atoms with Gasteiger partial charge in [0.15, 0.2) is 11.5 Å². The number of fused-ring (bicyclic) bond motifs is 2. The van der Waals surface area contributed by atoms with Crippen molar-refractivity contribution in [3.05, 3.63) is 64.6 Å². The van der Waals surface area contributed by atoms with Crippen LogP contribution < -0.4 is 10.1 Å². The number of nitrogens with one attached hydrogen (secondary N) is 2. The van der Waals surface area contributed by atoms with Gasteiger partial charge in [-0.3, -0.25) is 14.8 Å². The molecule has 0 amide bonds. The van der Waals surface area contributed by atoms with Gasteiger partial charge in [0.1, 0.15) is 0 Å². The second kappa shape index (κ2) is 7.89. The van der Waals surface area contributed by atoms with Gasteiger partial charge in [-0.25, -0.2) is 0 Å². The number of hydrogen-bond acceptors (Lipinski definition) is 5. The summed E-state index contributed by atoms with van der Waals surface area (Å²) in [5.41, 5.74) is 7.65. The fourth-order valence-corrected chi connectivity index (χ4v) is 4.97. The standard InChI is InChI=1S/C26H23ClN4O2/c1-33-26-16(27)4-2-6-20(26)31-25-22-18(5-3-7-21(22)32)30-24(25)15-12-13-28-19-11-10-17(14-8-9-14)29-23(15)19/h2,4,6,10-14,30-31H,3,5,7-9H2,1H3. The maximum atomic E-state index is 13.0. The number of aromatic amines is 1. The molecule has 4 aromatic rings. The van der Waals surface area contributed by atoms with Gasteiger partial charge in [-0.2, -0.15) is 0 Å². The van der Waals surface area contributed by atoms with Crippen molar-refractivity contribution < 1.29 is 9.53 Å². The number of Topliss-reactive ketones (excluding diaryl/α,β-unsaturated/α-hetero) is 1. The summed E-state index contributed by atoms with van der Waals surface area (Å²) in [4.78, 5) is 26.1. The summed E-state index contributed by atoms with van der Waals surface area (Å²) >= 11 is 6.37. The first-order valence-electron chi connectivity index (χ1n) is 11.3. The second-order valence-corrected chi connectivity index (χ2v) is 9.09. The van der Waals surface area contributed by atoms with Gasteiger partial charge in [0.2, 0.25) is 0 Å². The zero-order valence-corrected chi connectivity index (χ0v) is 19.0. The number of para-hydroxylation sites is 1. The lowest BCUT2D eigenvalue weighted by atomic mass is 9.94. The molecule has 3 heterocycles. The summed E-state index contributed by atoms with van der Waals surface area (Å²) in [5, 5.41) is 3.98. The molecule has 2 N–H and O–H groups in total. The monoisotopic (exact) mass is 458 g/mol. The van der Waals surface area contributed by atoms with Gasteiger partial charge in [0.25, 0.3) is 0 Å². The molecule has 0 spiro atoms. The highest BCUT2D eigenvalue weighted by atomic mass is 35.5. The van der Waals surface area contributed by atoms with Crippen LogP contribution in [0, 0.1) is 0 Å². The number of aryl methyl sites for hydroxylation is 1. The number of aromatic nitrogens is 3. The Balaban J connectivity index is 1.57. The Hall–Kier alpha value is -3.38. The molecule has 6 rings (SSSR count). The molecule has 0 atom stereocenters. The summed E-state index contributed by atoms with van der Waals surface area (Å²) in [6.07, 6.45) is 6.36. The Kier molecular flexibility index (Phi) is 4.84. The highest BCUT2D eigenvalue weighted by molar-refractivity contribution is 6.32. The van der Waals surface area contributed by atoms with E-state index in [9.17, 15) is 4.79 Å². The lowest BCUT2D eigenvalue weighted by Crippen LogP contribution is -2.11. The van der Waals surface area contributed by atoms with Gasteiger partial charge in [-0.15, -0.1) is 0 Å². The number of methoxy groups -OCH3 is 1. The normalized spacial score (nSPS) is 15.5. The van der Waals surface area contributed by atoms with Crippen LogP contribution in [0.1, 0.15) is 53.3 Å². The van der Waals surface area contributed by atoms with Crippen LogP contribution in [-0.4, -0.2) is 27.8 Å². The predicted molar refractivity (Wildman–Crippen MR) is 130 cm³/mol. The number of nitrogens with zero attached hydrogens (tertiary/aromatic N) is 2. The fraction of sp³-hybridized carbons (Fsp3) is 0.269. The third-order valence-corrected chi connectivity index (χ3v) is 6.79. The third-order valence-electron chi connectivity index (χ3n) is 6.49. The number of rotatable bonds is 5. The molecule has 0 unspecified atom stereocenters. The van der Waals surface area contributed by atoms with Crippen LogP contribution in [-0.2, 0) is 6.42 Å². The molecule has 1 aromatic carbocycles.